The summed E-state index contributed by atoms with van der Waals surface area (Å²) >= 11 is 5.67. The Balaban J connectivity index is 1.82. The van der Waals surface area contributed by atoms with Crippen molar-refractivity contribution < 1.29 is 13.9 Å². The van der Waals surface area contributed by atoms with Gasteiger partial charge in [-0.25, -0.2) is 4.39 Å². The number of hydrogen-bond acceptors (Lipinski definition) is 2. The Morgan fingerprint density at radius 2 is 2.05 bits per heavy atom. The Hall–Kier alpha value is -2.33. The molecule has 0 radical (unpaired) electrons. The molecule has 0 bridgehead atoms. The number of fused-ring (bicyclic) bond motifs is 1. The third-order valence-electron chi connectivity index (χ3n) is 3.10. The smallest absolute Gasteiger partial charge is 0.255 e. The van der Waals surface area contributed by atoms with Gasteiger partial charge in [-0.1, -0.05) is 29.8 Å². The van der Waals surface area contributed by atoms with Gasteiger partial charge in [0.15, 0.2) is 0 Å². The summed E-state index contributed by atoms with van der Waals surface area (Å²) in [6.45, 7) is 0.151. The molecule has 0 aromatic heterocycles. The second kappa shape index (κ2) is 5.58. The number of rotatable bonds is 2. The Morgan fingerprint density at radius 1 is 1.24 bits per heavy atom. The van der Waals surface area contributed by atoms with Crippen LogP contribution in [0.5, 0.6) is 5.75 Å². The minimum Gasteiger partial charge on any atom is -0.488 e. The van der Waals surface area contributed by atoms with Crippen LogP contribution in [0.3, 0.4) is 0 Å². The van der Waals surface area contributed by atoms with Gasteiger partial charge in [-0.05, 0) is 30.3 Å². The van der Waals surface area contributed by atoms with E-state index >= 15 is 0 Å². The molecule has 2 aromatic carbocycles. The highest BCUT2D eigenvalue weighted by atomic mass is 35.5. The highest BCUT2D eigenvalue weighted by Crippen LogP contribution is 2.26. The van der Waals surface area contributed by atoms with Gasteiger partial charge in [0.1, 0.15) is 18.2 Å². The monoisotopic (exact) mass is 303 g/mol. The SMILES string of the molecule is O=C(Nc1ccc(Cl)cc1F)C1=Cc2ccccc2OC1. The van der Waals surface area contributed by atoms with Gasteiger partial charge in [-0.3, -0.25) is 4.79 Å². The third kappa shape index (κ3) is 2.90. The van der Waals surface area contributed by atoms with Gasteiger partial charge in [0.25, 0.3) is 5.91 Å². The van der Waals surface area contributed by atoms with E-state index in [9.17, 15) is 9.18 Å². The van der Waals surface area contributed by atoms with Gasteiger partial charge in [-0.15, -0.1) is 0 Å². The van der Waals surface area contributed by atoms with E-state index in [-0.39, 0.29) is 17.3 Å². The van der Waals surface area contributed by atoms with E-state index in [0.717, 1.165) is 17.4 Å². The van der Waals surface area contributed by atoms with E-state index in [0.29, 0.717) is 5.57 Å². The molecule has 2 aromatic rings. The van der Waals surface area contributed by atoms with Crippen molar-refractivity contribution in [2.45, 2.75) is 0 Å². The number of benzene rings is 2. The summed E-state index contributed by atoms with van der Waals surface area (Å²) in [4.78, 5) is 12.2. The molecular formula is C16H11ClFNO2. The van der Waals surface area contributed by atoms with Crippen LogP contribution in [-0.2, 0) is 4.79 Å². The molecule has 3 rings (SSSR count). The van der Waals surface area contributed by atoms with Gasteiger partial charge in [-0.2, -0.15) is 0 Å². The maximum absolute atomic E-state index is 13.7. The quantitative estimate of drug-likeness (QED) is 0.914. The molecule has 1 aliphatic rings. The number of nitrogens with one attached hydrogen (secondary N) is 1. The van der Waals surface area contributed by atoms with Crippen LogP contribution < -0.4 is 10.1 Å². The summed E-state index contributed by atoms with van der Waals surface area (Å²) in [6.07, 6.45) is 1.74. The van der Waals surface area contributed by atoms with Gasteiger partial charge < -0.3 is 10.1 Å². The summed E-state index contributed by atoms with van der Waals surface area (Å²) < 4.78 is 19.2. The number of carbonyl (C=O) groups is 1. The lowest BCUT2D eigenvalue weighted by Crippen LogP contribution is -2.21. The zero-order valence-corrected chi connectivity index (χ0v) is 11.7. The average molecular weight is 304 g/mol. The van der Waals surface area contributed by atoms with Gasteiger partial charge in [0, 0.05) is 10.6 Å². The zero-order valence-electron chi connectivity index (χ0n) is 10.9. The number of halogens is 2. The van der Waals surface area contributed by atoms with Crippen molar-refractivity contribution in [1.29, 1.82) is 0 Å². The maximum Gasteiger partial charge on any atom is 0.255 e. The minimum absolute atomic E-state index is 0.0872. The van der Waals surface area contributed by atoms with Crippen LogP contribution in [0.1, 0.15) is 5.56 Å². The first kappa shape index (κ1) is 13.6. The molecule has 1 N–H and O–H groups in total. The lowest BCUT2D eigenvalue weighted by molar-refractivity contribution is -0.113. The molecule has 1 amide bonds. The van der Waals surface area contributed by atoms with E-state index in [1.165, 1.54) is 12.1 Å². The predicted octanol–water partition coefficient (Wildman–Crippen LogP) is 3.89. The summed E-state index contributed by atoms with van der Waals surface area (Å²) in [5, 5.41) is 2.79. The van der Waals surface area contributed by atoms with Crippen molar-refractivity contribution in [2.24, 2.45) is 0 Å². The first-order valence-electron chi connectivity index (χ1n) is 6.32. The lowest BCUT2D eigenvalue weighted by Gasteiger charge is -2.17. The Labute approximate surface area is 126 Å². The van der Waals surface area contributed by atoms with Crippen LogP contribution in [0.15, 0.2) is 48.0 Å². The molecule has 106 valence electrons. The second-order valence-corrected chi connectivity index (χ2v) is 5.01. The van der Waals surface area contributed by atoms with Crippen molar-refractivity contribution in [3.8, 4) is 5.75 Å². The number of para-hydroxylation sites is 1. The summed E-state index contributed by atoms with van der Waals surface area (Å²) in [6, 6.07) is 11.5. The molecule has 3 nitrogen and oxygen atoms in total. The number of carbonyl (C=O) groups excluding carboxylic acids is 1. The highest BCUT2D eigenvalue weighted by Gasteiger charge is 2.18. The Kier molecular flexibility index (Phi) is 3.62. The Bertz CT molecular complexity index is 743. The fraction of sp³-hybridized carbons (Fsp3) is 0.0625. The van der Waals surface area contributed by atoms with Crippen LogP contribution in [-0.4, -0.2) is 12.5 Å². The molecule has 21 heavy (non-hydrogen) atoms. The number of anilines is 1. The average Bonchev–Trinajstić information content (AvgIpc) is 2.49. The topological polar surface area (TPSA) is 38.3 Å². The van der Waals surface area contributed by atoms with E-state index in [1.54, 1.807) is 6.08 Å². The molecule has 5 heteroatoms. The highest BCUT2D eigenvalue weighted by molar-refractivity contribution is 6.30. The molecule has 0 aliphatic carbocycles. The second-order valence-electron chi connectivity index (χ2n) is 4.57. The number of ether oxygens (including phenoxy) is 1. The van der Waals surface area contributed by atoms with Gasteiger partial charge in [0.2, 0.25) is 0 Å². The van der Waals surface area contributed by atoms with Crippen LogP contribution in [0.2, 0.25) is 5.02 Å². The van der Waals surface area contributed by atoms with Crippen molar-refractivity contribution in [2.75, 3.05) is 11.9 Å². The predicted molar refractivity (Wildman–Crippen MR) is 80.0 cm³/mol. The van der Waals surface area contributed by atoms with Crippen molar-refractivity contribution >= 4 is 29.3 Å². The Morgan fingerprint density at radius 3 is 2.86 bits per heavy atom. The molecule has 0 fully saturated rings. The van der Waals surface area contributed by atoms with Crippen molar-refractivity contribution in [3.05, 3.63) is 64.4 Å². The summed E-state index contributed by atoms with van der Waals surface area (Å²) in [5.41, 5.74) is 1.35. The van der Waals surface area contributed by atoms with Gasteiger partial charge in [0.05, 0.1) is 11.3 Å². The maximum atomic E-state index is 13.7. The summed E-state index contributed by atoms with van der Waals surface area (Å²) in [5.74, 6) is -0.244. The zero-order chi connectivity index (χ0) is 14.8. The first-order valence-corrected chi connectivity index (χ1v) is 6.70. The van der Waals surface area contributed by atoms with Crippen LogP contribution in [0.4, 0.5) is 10.1 Å². The molecule has 0 saturated carbocycles. The summed E-state index contributed by atoms with van der Waals surface area (Å²) in [7, 11) is 0. The molecule has 0 unspecified atom stereocenters. The fourth-order valence-corrected chi connectivity index (χ4v) is 2.20. The minimum atomic E-state index is -0.575. The molecular weight excluding hydrogens is 293 g/mol. The van der Waals surface area contributed by atoms with Gasteiger partial charge >= 0.3 is 0 Å². The fourth-order valence-electron chi connectivity index (χ4n) is 2.04. The molecule has 0 atom stereocenters. The van der Waals surface area contributed by atoms with Crippen LogP contribution in [0.25, 0.3) is 6.08 Å². The van der Waals surface area contributed by atoms with Crippen molar-refractivity contribution in [3.63, 3.8) is 0 Å². The molecule has 1 heterocycles. The van der Waals surface area contributed by atoms with E-state index in [4.69, 9.17) is 16.3 Å². The van der Waals surface area contributed by atoms with E-state index in [1.807, 2.05) is 24.3 Å². The lowest BCUT2D eigenvalue weighted by atomic mass is 10.1. The number of hydrogen-bond donors (Lipinski definition) is 1. The van der Waals surface area contributed by atoms with Crippen LogP contribution >= 0.6 is 11.6 Å². The van der Waals surface area contributed by atoms with E-state index in [2.05, 4.69) is 5.32 Å². The number of amides is 1. The first-order chi connectivity index (χ1) is 10.1. The van der Waals surface area contributed by atoms with Crippen LogP contribution in [0, 0.1) is 5.82 Å². The normalized spacial score (nSPS) is 13.0. The largest absolute Gasteiger partial charge is 0.488 e. The molecule has 0 spiro atoms. The van der Waals surface area contributed by atoms with E-state index < -0.39 is 11.7 Å². The third-order valence-corrected chi connectivity index (χ3v) is 3.34. The van der Waals surface area contributed by atoms with Crippen molar-refractivity contribution in [1.82, 2.24) is 0 Å². The molecule has 0 saturated heterocycles. The molecule has 1 aliphatic heterocycles. The standard InChI is InChI=1S/C16H11ClFNO2/c17-12-5-6-14(13(18)8-12)19-16(20)11-7-10-3-1-2-4-15(10)21-9-11/h1-8H,9H2,(H,19,20).